The van der Waals surface area contributed by atoms with Crippen molar-refractivity contribution in [1.82, 2.24) is 9.71 Å². The second-order valence-electron chi connectivity index (χ2n) is 11.3. The van der Waals surface area contributed by atoms with Crippen LogP contribution in [0.3, 0.4) is 0 Å². The number of hydrogen-bond acceptors (Lipinski definition) is 5. The summed E-state index contributed by atoms with van der Waals surface area (Å²) in [4.78, 5) is 18.3. The number of halogens is 1. The number of sulfonamides is 1. The predicted octanol–water partition coefficient (Wildman–Crippen LogP) is 6.58. The molecule has 0 aliphatic heterocycles. The number of pyridine rings is 1. The molecule has 1 aliphatic rings. The normalized spacial score (nSPS) is 18.9. The molecule has 1 aliphatic carbocycles. The van der Waals surface area contributed by atoms with Crippen LogP contribution in [0.1, 0.15) is 69.4 Å². The minimum absolute atomic E-state index is 0.00276. The Bertz CT molecular complexity index is 1420. The van der Waals surface area contributed by atoms with Crippen LogP contribution >= 0.6 is 0 Å². The molecule has 3 aromatic rings. The topological polar surface area (TPSA) is 85.4 Å². The molecule has 1 amide bonds. The number of benzene rings is 2. The quantitative estimate of drug-likeness (QED) is 0.350. The zero-order chi connectivity index (χ0) is 27.7. The van der Waals surface area contributed by atoms with Gasteiger partial charge in [-0.15, -0.1) is 0 Å². The monoisotopic (exact) mass is 538 g/mol. The van der Waals surface area contributed by atoms with E-state index in [0.717, 1.165) is 12.8 Å². The van der Waals surface area contributed by atoms with Crippen molar-refractivity contribution >= 4 is 15.9 Å². The summed E-state index contributed by atoms with van der Waals surface area (Å²) < 4.78 is 48.3. The molecule has 6 nitrogen and oxygen atoms in total. The Hall–Kier alpha value is -3.26. The fourth-order valence-electron chi connectivity index (χ4n) is 5.31. The second kappa shape index (κ2) is 10.8. The van der Waals surface area contributed by atoms with Gasteiger partial charge in [-0.25, -0.2) is 17.5 Å². The number of carbonyl (C=O) groups excluding carboxylic acids is 1. The fourth-order valence-corrected chi connectivity index (χ4v) is 6.30. The van der Waals surface area contributed by atoms with Gasteiger partial charge in [0, 0.05) is 17.5 Å². The van der Waals surface area contributed by atoms with Crippen LogP contribution in [0.5, 0.6) is 5.75 Å². The van der Waals surface area contributed by atoms with Gasteiger partial charge in [-0.05, 0) is 66.5 Å². The van der Waals surface area contributed by atoms with Gasteiger partial charge in [0.05, 0.1) is 28.5 Å². The number of nitrogens with one attached hydrogen (secondary N) is 1. The van der Waals surface area contributed by atoms with Crippen molar-refractivity contribution in [1.29, 1.82) is 0 Å². The molecule has 0 radical (unpaired) electrons. The summed E-state index contributed by atoms with van der Waals surface area (Å²) in [6.45, 7) is 10.9. The summed E-state index contributed by atoms with van der Waals surface area (Å²) in [5, 5.41) is 0. The third kappa shape index (κ3) is 6.23. The number of nitrogens with zero attached hydrogens (tertiary/aromatic N) is 1. The van der Waals surface area contributed by atoms with Crippen molar-refractivity contribution in [3.63, 3.8) is 0 Å². The molecular weight excluding hydrogens is 503 g/mol. The average molecular weight is 539 g/mol. The lowest BCUT2D eigenvalue weighted by Gasteiger charge is -2.28. The van der Waals surface area contributed by atoms with Crippen LogP contribution in [0.15, 0.2) is 65.6 Å². The molecule has 2 aromatic carbocycles. The maximum Gasteiger partial charge on any atom is 0.266 e. The van der Waals surface area contributed by atoms with Crippen molar-refractivity contribution < 1.29 is 22.3 Å². The molecule has 1 N–H and O–H groups in total. The van der Waals surface area contributed by atoms with E-state index in [2.05, 4.69) is 25.5 Å². The molecule has 1 unspecified atom stereocenters. The molecule has 1 saturated carbocycles. The van der Waals surface area contributed by atoms with Crippen molar-refractivity contribution in [3.8, 4) is 17.0 Å². The Labute approximate surface area is 224 Å². The zero-order valence-corrected chi connectivity index (χ0v) is 23.3. The Morgan fingerprint density at radius 1 is 1.13 bits per heavy atom. The lowest BCUT2D eigenvalue weighted by atomic mass is 9.78. The zero-order valence-electron chi connectivity index (χ0n) is 22.5. The molecule has 0 bridgehead atoms. The first-order valence-corrected chi connectivity index (χ1v) is 14.4. The number of aromatic nitrogens is 1. The average Bonchev–Trinajstić information content (AvgIpc) is 3.13. The third-order valence-corrected chi connectivity index (χ3v) is 8.33. The van der Waals surface area contributed by atoms with E-state index in [1.807, 2.05) is 13.8 Å². The van der Waals surface area contributed by atoms with Crippen LogP contribution in [0.4, 0.5) is 4.39 Å². The van der Waals surface area contributed by atoms with Gasteiger partial charge in [0.15, 0.2) is 0 Å². The number of hydrogen-bond donors (Lipinski definition) is 1. The van der Waals surface area contributed by atoms with Crippen molar-refractivity contribution in [2.75, 3.05) is 6.61 Å². The number of ether oxygens (including phenoxy) is 1. The van der Waals surface area contributed by atoms with Crippen LogP contribution in [-0.4, -0.2) is 25.9 Å². The van der Waals surface area contributed by atoms with E-state index in [9.17, 15) is 17.6 Å². The summed E-state index contributed by atoms with van der Waals surface area (Å²) in [6.07, 6.45) is 1.75. The Morgan fingerprint density at radius 3 is 2.47 bits per heavy atom. The molecule has 1 fully saturated rings. The minimum atomic E-state index is -4.07. The van der Waals surface area contributed by atoms with E-state index < -0.39 is 21.7 Å². The van der Waals surface area contributed by atoms with Gasteiger partial charge in [-0.2, -0.15) is 0 Å². The predicted molar refractivity (Wildman–Crippen MR) is 146 cm³/mol. The van der Waals surface area contributed by atoms with Crippen molar-refractivity contribution in [2.24, 2.45) is 17.3 Å². The van der Waals surface area contributed by atoms with Crippen LogP contribution < -0.4 is 9.46 Å². The molecule has 38 heavy (non-hydrogen) atoms. The smallest absolute Gasteiger partial charge is 0.266 e. The molecule has 1 aromatic heterocycles. The van der Waals surface area contributed by atoms with E-state index in [1.165, 1.54) is 24.3 Å². The SMILES string of the molecule is CC(C)COc1cc(F)cc(-c2ccc(C(=O)NS(=O)(=O)c3ccccc3)c(C3C[C@H](C)CC3(C)C)n2)c1. The molecule has 0 spiro atoms. The third-order valence-electron chi connectivity index (χ3n) is 6.99. The summed E-state index contributed by atoms with van der Waals surface area (Å²) in [7, 11) is -4.07. The van der Waals surface area contributed by atoms with E-state index in [4.69, 9.17) is 9.72 Å². The highest BCUT2D eigenvalue weighted by atomic mass is 32.2. The Balaban J connectivity index is 1.76. The summed E-state index contributed by atoms with van der Waals surface area (Å²) in [5.74, 6) is -0.170. The van der Waals surface area contributed by atoms with Gasteiger partial charge in [0.2, 0.25) is 0 Å². The van der Waals surface area contributed by atoms with Gasteiger partial charge >= 0.3 is 0 Å². The lowest BCUT2D eigenvalue weighted by molar-refractivity contribution is 0.0978. The van der Waals surface area contributed by atoms with E-state index in [-0.39, 0.29) is 27.7 Å². The molecular formula is C30H35FN2O4S. The highest BCUT2D eigenvalue weighted by Crippen LogP contribution is 2.52. The molecule has 4 rings (SSSR count). The summed E-state index contributed by atoms with van der Waals surface area (Å²) in [5.41, 5.74) is 1.58. The number of carbonyl (C=O) groups is 1. The maximum atomic E-state index is 14.5. The van der Waals surface area contributed by atoms with Crippen LogP contribution in [0, 0.1) is 23.1 Å². The lowest BCUT2D eigenvalue weighted by Crippen LogP contribution is -2.32. The van der Waals surface area contributed by atoms with E-state index >= 15 is 0 Å². The first kappa shape index (κ1) is 27.8. The van der Waals surface area contributed by atoms with Gasteiger partial charge in [0.25, 0.3) is 15.9 Å². The fraction of sp³-hybridized carbons (Fsp3) is 0.400. The molecule has 202 valence electrons. The van der Waals surface area contributed by atoms with Crippen molar-refractivity contribution in [2.45, 2.75) is 58.3 Å². The number of amides is 1. The molecule has 2 atom stereocenters. The van der Waals surface area contributed by atoms with E-state index in [1.54, 1.807) is 36.4 Å². The standard InChI is InChI=1S/C30H35FN2O4S/c1-19(2)18-37-23-15-21(14-22(31)16-23)27-12-11-25(28(32-27)26-13-20(3)17-30(26,4)5)29(34)33-38(35,36)24-9-7-6-8-10-24/h6-12,14-16,19-20,26H,13,17-18H2,1-5H3,(H,33,34)/t20-,26?/m0/s1. The second-order valence-corrected chi connectivity index (χ2v) is 13.0. The number of rotatable bonds is 8. The van der Waals surface area contributed by atoms with Crippen molar-refractivity contribution in [3.05, 3.63) is 77.7 Å². The van der Waals surface area contributed by atoms with Crippen LogP contribution in [-0.2, 0) is 10.0 Å². The van der Waals surface area contributed by atoms with E-state index in [0.29, 0.717) is 35.2 Å². The summed E-state index contributed by atoms with van der Waals surface area (Å²) >= 11 is 0. The van der Waals surface area contributed by atoms with Crippen LogP contribution in [0.25, 0.3) is 11.3 Å². The minimum Gasteiger partial charge on any atom is -0.493 e. The van der Waals surface area contributed by atoms with Gasteiger partial charge < -0.3 is 4.74 Å². The largest absolute Gasteiger partial charge is 0.493 e. The van der Waals surface area contributed by atoms with Crippen LogP contribution in [0.2, 0.25) is 0 Å². The maximum absolute atomic E-state index is 14.5. The van der Waals surface area contributed by atoms with Gasteiger partial charge in [0.1, 0.15) is 11.6 Å². The van der Waals surface area contributed by atoms with Gasteiger partial charge in [-0.3, -0.25) is 9.78 Å². The van der Waals surface area contributed by atoms with Gasteiger partial charge in [-0.1, -0.05) is 52.8 Å². The molecule has 1 heterocycles. The first-order valence-electron chi connectivity index (χ1n) is 12.9. The molecule has 8 heteroatoms. The Kier molecular flexibility index (Phi) is 7.93. The highest BCUT2D eigenvalue weighted by Gasteiger charge is 2.42. The Morgan fingerprint density at radius 2 is 1.84 bits per heavy atom. The summed E-state index contributed by atoms with van der Waals surface area (Å²) in [6, 6.07) is 15.4. The molecule has 0 saturated heterocycles. The highest BCUT2D eigenvalue weighted by molar-refractivity contribution is 7.90. The first-order chi connectivity index (χ1) is 17.9.